The first-order chi connectivity index (χ1) is 25.4. The average Bonchev–Trinajstić information content (AvgIpc) is 3.79. The molecule has 7 unspecified atom stereocenters. The van der Waals surface area contributed by atoms with E-state index >= 15 is 4.79 Å². The van der Waals surface area contributed by atoms with Gasteiger partial charge in [-0.1, -0.05) is 39.8 Å². The molecule has 2 saturated carbocycles. The Morgan fingerprint density at radius 3 is 2.51 bits per heavy atom. The molecule has 3 aromatic rings. The number of fused-ring (bicyclic) bond motifs is 4. The number of guanidine groups is 1. The molecule has 8 rings (SSSR count). The summed E-state index contributed by atoms with van der Waals surface area (Å²) in [6.45, 7) is 0.865. The number of aliphatic hydroxyl groups excluding tert-OH is 2. The van der Waals surface area contributed by atoms with E-state index in [4.69, 9.17) is 25.4 Å². The minimum atomic E-state index is -1.97. The van der Waals surface area contributed by atoms with E-state index in [0.717, 1.165) is 32.1 Å². The second-order valence-electron chi connectivity index (χ2n) is 15.4. The fraction of sp³-hybridized carbons (Fsp3) is 0.526. The van der Waals surface area contributed by atoms with Crippen molar-refractivity contribution in [3.8, 4) is 11.5 Å². The predicted octanol–water partition coefficient (Wildman–Crippen LogP) is 4.41. The van der Waals surface area contributed by atoms with Crippen LogP contribution in [0.25, 0.3) is 11.0 Å². The molecule has 3 heterocycles. The van der Waals surface area contributed by atoms with Crippen LogP contribution in [0.15, 0.2) is 50.6 Å². The molecule has 13 nitrogen and oxygen atoms in total. The van der Waals surface area contributed by atoms with Gasteiger partial charge in [-0.2, -0.15) is 0 Å². The number of hydrogen-bond acceptors (Lipinski definition) is 13. The standard InChI is InChI=1S/C38H46N4O9S2/c1-36(46)13-4-7-23-26-30(50-33(23)36)27-24(15-43)53-52-18-37(17-44,41-35(39)40)16-38(47)14-12-22(19-8-10-20(42-48)11-9-19)25-29(45)28(32(27)51-34(25)38)31(26)49-21-5-2-3-6-21/h8-12,14,21-24,33,42-44,46-48H,2-7,13,15-18H2,1H3,(H4,39,40,41). The van der Waals surface area contributed by atoms with Crippen molar-refractivity contribution in [2.75, 3.05) is 24.4 Å². The molecular formula is C38H46N4O9S2. The Balaban J connectivity index is 1.48. The Morgan fingerprint density at radius 1 is 1.08 bits per heavy atom. The Morgan fingerprint density at radius 2 is 1.83 bits per heavy atom. The number of benzene rings is 2. The molecule has 5 aliphatic rings. The monoisotopic (exact) mass is 766 g/mol. The molecule has 2 bridgehead atoms. The first kappa shape index (κ1) is 36.5. The highest BCUT2D eigenvalue weighted by Crippen LogP contribution is 2.60. The smallest absolute Gasteiger partial charge is 0.201 e. The normalized spacial score (nSPS) is 32.1. The molecular weight excluding hydrogens is 721 g/mol. The fourth-order valence-electron chi connectivity index (χ4n) is 9.17. The van der Waals surface area contributed by atoms with Crippen molar-refractivity contribution < 1.29 is 39.5 Å². The summed E-state index contributed by atoms with van der Waals surface area (Å²) >= 11 is 0. The van der Waals surface area contributed by atoms with Gasteiger partial charge in [-0.3, -0.25) is 15.5 Å². The van der Waals surface area contributed by atoms with Crippen molar-refractivity contribution in [3.05, 3.63) is 74.7 Å². The molecule has 10 N–H and O–H groups in total. The topological polar surface area (TPSA) is 226 Å². The lowest BCUT2D eigenvalue weighted by molar-refractivity contribution is -0.0727. The number of ether oxygens (including phenoxy) is 2. The van der Waals surface area contributed by atoms with Gasteiger partial charge in [0, 0.05) is 29.6 Å². The van der Waals surface area contributed by atoms with Crippen LogP contribution < -0.4 is 31.8 Å². The van der Waals surface area contributed by atoms with Gasteiger partial charge in [-0.15, -0.1) is 0 Å². The summed E-state index contributed by atoms with van der Waals surface area (Å²) in [6.07, 6.45) is 7.89. The molecule has 7 atom stereocenters. The lowest BCUT2D eigenvalue weighted by Crippen LogP contribution is -2.47. The molecule has 3 aliphatic carbocycles. The third-order valence-electron chi connectivity index (χ3n) is 11.7. The van der Waals surface area contributed by atoms with Crippen LogP contribution >= 0.6 is 21.6 Å². The summed E-state index contributed by atoms with van der Waals surface area (Å²) in [7, 11) is 2.62. The van der Waals surface area contributed by atoms with Crippen molar-refractivity contribution in [1.29, 1.82) is 0 Å². The van der Waals surface area contributed by atoms with Crippen LogP contribution in [-0.2, 0) is 5.60 Å². The van der Waals surface area contributed by atoms with Crippen LogP contribution in [0.3, 0.4) is 0 Å². The molecule has 284 valence electrons. The number of allylic oxidation sites excluding steroid dienone is 1. The lowest BCUT2D eigenvalue weighted by Gasteiger charge is -2.38. The number of rotatable bonds is 7. The van der Waals surface area contributed by atoms with Crippen molar-refractivity contribution in [3.63, 3.8) is 0 Å². The zero-order valence-corrected chi connectivity index (χ0v) is 31.0. The molecule has 2 aliphatic heterocycles. The maximum absolute atomic E-state index is 15.6. The highest BCUT2D eigenvalue weighted by molar-refractivity contribution is 8.76. The molecule has 0 radical (unpaired) electrons. The van der Waals surface area contributed by atoms with Crippen LogP contribution in [0.1, 0.15) is 103 Å². The zero-order chi connectivity index (χ0) is 37.3. The molecule has 0 spiro atoms. The van der Waals surface area contributed by atoms with Gasteiger partial charge in [0.15, 0.2) is 5.96 Å². The van der Waals surface area contributed by atoms with E-state index < -0.39 is 46.0 Å². The van der Waals surface area contributed by atoms with Crippen LogP contribution in [-0.4, -0.2) is 73.9 Å². The van der Waals surface area contributed by atoms with Gasteiger partial charge in [-0.05, 0) is 75.6 Å². The van der Waals surface area contributed by atoms with E-state index in [1.165, 1.54) is 21.6 Å². The first-order valence-corrected chi connectivity index (χ1v) is 20.6. The van der Waals surface area contributed by atoms with E-state index in [-0.39, 0.29) is 59.1 Å². The van der Waals surface area contributed by atoms with Gasteiger partial charge in [0.05, 0.1) is 47.0 Å². The van der Waals surface area contributed by atoms with Gasteiger partial charge >= 0.3 is 0 Å². The Hall–Kier alpha value is -3.44. The second-order valence-corrected chi connectivity index (χ2v) is 18.0. The van der Waals surface area contributed by atoms with Crippen molar-refractivity contribution in [1.82, 2.24) is 0 Å². The minimum Gasteiger partial charge on any atom is -0.489 e. The van der Waals surface area contributed by atoms with Gasteiger partial charge in [0.1, 0.15) is 45.5 Å². The van der Waals surface area contributed by atoms with Crippen molar-refractivity contribution >= 4 is 44.2 Å². The molecule has 2 aromatic carbocycles. The maximum Gasteiger partial charge on any atom is 0.201 e. The lowest BCUT2D eigenvalue weighted by atomic mass is 9.73. The number of hydrogen-bond donors (Lipinski definition) is 8. The number of nitrogens with one attached hydrogen (secondary N) is 1. The number of anilines is 1. The van der Waals surface area contributed by atoms with E-state index in [9.17, 15) is 25.6 Å². The SMILES string of the molecule is CC1(O)CCCC2c3c(c4c5oc6c(c(=O)c5c3OC3CCCC3)C(c3ccc(NO)cc3)C=CC6(O)CC(CO)(N=C(N)N)CSSC4CO)OC21. The predicted molar refractivity (Wildman–Crippen MR) is 204 cm³/mol. The summed E-state index contributed by atoms with van der Waals surface area (Å²) in [5, 5.41) is 55.4. The molecule has 0 amide bonds. The summed E-state index contributed by atoms with van der Waals surface area (Å²) < 4.78 is 20.7. The van der Waals surface area contributed by atoms with E-state index in [2.05, 4.69) is 10.5 Å². The highest BCUT2D eigenvalue weighted by atomic mass is 33.1. The third-order valence-corrected chi connectivity index (χ3v) is 14.5. The van der Waals surface area contributed by atoms with Gasteiger partial charge in [0.25, 0.3) is 0 Å². The molecule has 0 saturated heterocycles. The van der Waals surface area contributed by atoms with Crippen LogP contribution in [0.5, 0.6) is 11.5 Å². The molecule has 53 heavy (non-hydrogen) atoms. The average molecular weight is 767 g/mol. The Kier molecular flexibility index (Phi) is 9.44. The number of aliphatic hydroxyl groups is 4. The zero-order valence-electron chi connectivity index (χ0n) is 29.4. The maximum atomic E-state index is 15.6. The van der Waals surface area contributed by atoms with Gasteiger partial charge in [-0.25, -0.2) is 4.99 Å². The van der Waals surface area contributed by atoms with Gasteiger partial charge in [0.2, 0.25) is 5.43 Å². The summed E-state index contributed by atoms with van der Waals surface area (Å²) in [5.41, 5.74) is 11.6. The summed E-state index contributed by atoms with van der Waals surface area (Å²) in [4.78, 5) is 20.1. The molecule has 15 heteroatoms. The first-order valence-electron chi connectivity index (χ1n) is 18.2. The summed E-state index contributed by atoms with van der Waals surface area (Å²) in [5.74, 6) is -0.379. The van der Waals surface area contributed by atoms with E-state index in [1.807, 2.05) is 0 Å². The quantitative estimate of drug-likeness (QED) is 0.0549. The van der Waals surface area contributed by atoms with Crippen molar-refractivity contribution in [2.45, 2.75) is 104 Å². The summed E-state index contributed by atoms with van der Waals surface area (Å²) in [6, 6.07) is 6.91. The molecule has 1 aromatic heterocycles. The largest absolute Gasteiger partial charge is 0.489 e. The number of aliphatic imine (C=N–C) groups is 1. The van der Waals surface area contributed by atoms with Gasteiger partial charge < -0.3 is 45.8 Å². The van der Waals surface area contributed by atoms with Crippen LogP contribution in [0.4, 0.5) is 5.69 Å². The number of nitrogens with two attached hydrogens (primary N) is 2. The van der Waals surface area contributed by atoms with E-state index in [0.29, 0.717) is 46.7 Å². The van der Waals surface area contributed by atoms with E-state index in [1.54, 1.807) is 43.3 Å². The third kappa shape index (κ3) is 6.08. The Bertz CT molecular complexity index is 2030. The number of nitrogens with zero attached hydrogens (tertiary/aromatic N) is 1. The minimum absolute atomic E-state index is 0.0421. The molecule has 2 fully saturated rings. The van der Waals surface area contributed by atoms with Crippen molar-refractivity contribution in [2.24, 2.45) is 16.5 Å². The van der Waals surface area contributed by atoms with Crippen LogP contribution in [0.2, 0.25) is 0 Å². The fourth-order valence-corrected chi connectivity index (χ4v) is 12.1. The highest BCUT2D eigenvalue weighted by Gasteiger charge is 2.53. The van der Waals surface area contributed by atoms with Crippen LogP contribution in [0, 0.1) is 0 Å². The Labute approximate surface area is 314 Å². The second kappa shape index (κ2) is 13.7.